The van der Waals surface area contributed by atoms with Gasteiger partial charge in [-0.2, -0.15) is 0 Å². The molecule has 0 aliphatic rings. The largest absolute Gasteiger partial charge is 0.466 e. The molecule has 0 aliphatic heterocycles. The summed E-state index contributed by atoms with van der Waals surface area (Å²) in [7, 11) is 0. The van der Waals surface area contributed by atoms with E-state index < -0.39 is 0 Å². The van der Waals surface area contributed by atoms with Gasteiger partial charge >= 0.3 is 5.97 Å². The average molecular weight is 437 g/mol. The van der Waals surface area contributed by atoms with Crippen LogP contribution in [-0.4, -0.2) is 23.4 Å². The highest BCUT2D eigenvalue weighted by molar-refractivity contribution is 9.11. The molecule has 1 aromatic rings. The molecule has 0 bridgehead atoms. The average Bonchev–Trinajstić information content (AvgIpc) is 2.47. The van der Waals surface area contributed by atoms with Crippen molar-refractivity contribution in [2.75, 3.05) is 6.61 Å². The summed E-state index contributed by atoms with van der Waals surface area (Å²) in [5.74, 6) is -0.169. The minimum atomic E-state index is -0.211. The molecule has 1 rings (SSSR count). The number of aromatic nitrogens is 1. The molecule has 0 atom stereocenters. The van der Waals surface area contributed by atoms with E-state index in [2.05, 4.69) is 31.9 Å². The molecule has 22 heavy (non-hydrogen) atoms. The smallest absolute Gasteiger partial charge is 0.305 e. The zero-order chi connectivity index (χ0) is 16.5. The topological polar surface area (TPSA) is 65.4 Å². The Hall–Kier alpha value is -0.950. The van der Waals surface area contributed by atoms with E-state index in [9.17, 15) is 14.4 Å². The lowest BCUT2D eigenvalue weighted by atomic mass is 10.1. The first-order valence-corrected chi connectivity index (χ1v) is 8.79. The van der Waals surface area contributed by atoms with Crippen LogP contribution >= 0.6 is 31.9 Å². The van der Waals surface area contributed by atoms with E-state index in [1.807, 2.05) is 0 Å². The lowest BCUT2D eigenvalue weighted by Gasteiger charge is -2.11. The summed E-state index contributed by atoms with van der Waals surface area (Å²) in [6.07, 6.45) is 4.42. The molecule has 0 amide bonds. The molecule has 0 aliphatic carbocycles. The third kappa shape index (κ3) is 5.68. The zero-order valence-corrected chi connectivity index (χ0v) is 15.6. The fraction of sp³-hybridized carbons (Fsp3) is 0.533. The van der Waals surface area contributed by atoms with Gasteiger partial charge in [0, 0.05) is 17.4 Å². The van der Waals surface area contributed by atoms with Gasteiger partial charge in [-0.05, 0) is 57.7 Å². The molecular formula is C15H19Br2NO4. The van der Waals surface area contributed by atoms with E-state index in [0.717, 1.165) is 25.7 Å². The highest BCUT2D eigenvalue weighted by atomic mass is 79.9. The van der Waals surface area contributed by atoms with Crippen LogP contribution in [0.4, 0.5) is 0 Å². The molecule has 0 N–H and O–H groups in total. The number of rotatable bonds is 9. The number of nitrogens with zero attached hydrogens (tertiary/aromatic N) is 1. The molecule has 0 saturated carbocycles. The van der Waals surface area contributed by atoms with Gasteiger partial charge in [-0.25, -0.2) is 0 Å². The van der Waals surface area contributed by atoms with Crippen molar-refractivity contribution < 1.29 is 14.3 Å². The maximum absolute atomic E-state index is 12.1. The molecule has 0 unspecified atom stereocenters. The van der Waals surface area contributed by atoms with Gasteiger partial charge in [0.1, 0.15) is 0 Å². The Kier molecular flexibility index (Phi) is 8.63. The van der Waals surface area contributed by atoms with Gasteiger partial charge in [-0.1, -0.05) is 12.8 Å². The molecule has 0 spiro atoms. The second-order valence-corrected chi connectivity index (χ2v) is 6.48. The van der Waals surface area contributed by atoms with Crippen LogP contribution in [0.25, 0.3) is 0 Å². The fourth-order valence-corrected chi connectivity index (χ4v) is 3.37. The molecule has 1 aromatic heterocycles. The van der Waals surface area contributed by atoms with Crippen LogP contribution < -0.4 is 5.56 Å². The standard InChI is InChI=1S/C15H19Br2NO4/c1-2-22-14(20)7-5-3-4-6-8-18-13(10-19)11(16)9-12(17)15(18)21/h9-10H,2-8H2,1H3. The minimum absolute atomic E-state index is 0.169. The normalized spacial score (nSPS) is 10.5. The number of aldehydes is 1. The number of pyridine rings is 1. The Morgan fingerprint density at radius 3 is 2.55 bits per heavy atom. The SMILES string of the molecule is CCOC(=O)CCCCCCn1c(C=O)c(Br)cc(Br)c1=O. The molecular weight excluding hydrogens is 418 g/mol. The second-order valence-electron chi connectivity index (χ2n) is 4.77. The first-order chi connectivity index (χ1) is 10.5. The third-order valence-electron chi connectivity index (χ3n) is 3.17. The van der Waals surface area contributed by atoms with Crippen LogP contribution in [0.15, 0.2) is 19.8 Å². The lowest BCUT2D eigenvalue weighted by Crippen LogP contribution is -2.24. The quantitative estimate of drug-likeness (QED) is 0.336. The van der Waals surface area contributed by atoms with Crippen LogP contribution in [0.1, 0.15) is 49.5 Å². The van der Waals surface area contributed by atoms with Crippen LogP contribution in [0, 0.1) is 0 Å². The molecule has 7 heteroatoms. The summed E-state index contributed by atoms with van der Waals surface area (Å²) < 4.78 is 7.34. The van der Waals surface area contributed by atoms with Gasteiger partial charge in [-0.15, -0.1) is 0 Å². The number of halogens is 2. The third-order valence-corrected chi connectivity index (χ3v) is 4.37. The Balaban J connectivity index is 2.47. The van der Waals surface area contributed by atoms with Crippen molar-refractivity contribution in [3.63, 3.8) is 0 Å². The van der Waals surface area contributed by atoms with Crippen LogP contribution in [0.3, 0.4) is 0 Å². The van der Waals surface area contributed by atoms with E-state index in [0.29, 0.717) is 40.5 Å². The summed E-state index contributed by atoms with van der Waals surface area (Å²) in [6, 6.07) is 1.59. The van der Waals surface area contributed by atoms with Crippen molar-refractivity contribution in [3.05, 3.63) is 31.1 Å². The first kappa shape index (κ1) is 19.1. The summed E-state index contributed by atoms with van der Waals surface area (Å²) in [4.78, 5) is 34.4. The molecule has 1 heterocycles. The number of ether oxygens (including phenoxy) is 1. The maximum atomic E-state index is 12.1. The van der Waals surface area contributed by atoms with E-state index >= 15 is 0 Å². The number of hydrogen-bond acceptors (Lipinski definition) is 4. The van der Waals surface area contributed by atoms with Crippen molar-refractivity contribution in [2.24, 2.45) is 0 Å². The fourth-order valence-electron chi connectivity index (χ4n) is 2.08. The zero-order valence-electron chi connectivity index (χ0n) is 12.4. The van der Waals surface area contributed by atoms with E-state index in [-0.39, 0.29) is 11.5 Å². The molecule has 122 valence electrons. The van der Waals surface area contributed by atoms with Crippen molar-refractivity contribution in [1.29, 1.82) is 0 Å². The van der Waals surface area contributed by atoms with Gasteiger partial charge in [0.15, 0.2) is 6.29 Å². The monoisotopic (exact) mass is 435 g/mol. The Morgan fingerprint density at radius 1 is 1.23 bits per heavy atom. The van der Waals surface area contributed by atoms with Crippen molar-refractivity contribution in [2.45, 2.75) is 45.6 Å². The molecule has 0 radical (unpaired) electrons. The number of unbranched alkanes of at least 4 members (excludes halogenated alkanes) is 3. The van der Waals surface area contributed by atoms with E-state index in [1.54, 1.807) is 13.0 Å². The van der Waals surface area contributed by atoms with Crippen molar-refractivity contribution >= 4 is 44.1 Å². The Labute approximate surface area is 146 Å². The van der Waals surface area contributed by atoms with Gasteiger partial charge in [0.25, 0.3) is 5.56 Å². The predicted molar refractivity (Wildman–Crippen MR) is 91.2 cm³/mol. The van der Waals surface area contributed by atoms with Crippen LogP contribution in [-0.2, 0) is 16.1 Å². The van der Waals surface area contributed by atoms with Gasteiger partial charge in [0.05, 0.1) is 16.8 Å². The highest BCUT2D eigenvalue weighted by Gasteiger charge is 2.11. The Morgan fingerprint density at radius 2 is 1.91 bits per heavy atom. The summed E-state index contributed by atoms with van der Waals surface area (Å²) in [5.41, 5.74) is 0.136. The van der Waals surface area contributed by atoms with Crippen LogP contribution in [0.2, 0.25) is 0 Å². The van der Waals surface area contributed by atoms with Gasteiger partial charge < -0.3 is 9.30 Å². The summed E-state index contributed by atoms with van der Waals surface area (Å²) >= 11 is 6.48. The molecule has 0 aromatic carbocycles. The first-order valence-electron chi connectivity index (χ1n) is 7.20. The summed E-state index contributed by atoms with van der Waals surface area (Å²) in [6.45, 7) is 2.68. The summed E-state index contributed by atoms with van der Waals surface area (Å²) in [5, 5.41) is 0. The minimum Gasteiger partial charge on any atom is -0.466 e. The number of hydrogen-bond donors (Lipinski definition) is 0. The lowest BCUT2D eigenvalue weighted by molar-refractivity contribution is -0.143. The van der Waals surface area contributed by atoms with Crippen LogP contribution in [0.5, 0.6) is 0 Å². The molecule has 0 saturated heterocycles. The number of esters is 1. The second kappa shape index (κ2) is 9.94. The van der Waals surface area contributed by atoms with Crippen molar-refractivity contribution in [1.82, 2.24) is 4.57 Å². The van der Waals surface area contributed by atoms with Crippen molar-refractivity contribution in [3.8, 4) is 0 Å². The Bertz CT molecular complexity index is 584. The molecule has 0 fully saturated rings. The maximum Gasteiger partial charge on any atom is 0.305 e. The van der Waals surface area contributed by atoms with Gasteiger partial charge in [0.2, 0.25) is 0 Å². The number of carbonyl (C=O) groups excluding carboxylic acids is 2. The predicted octanol–water partition coefficient (Wildman–Crippen LogP) is 3.70. The highest BCUT2D eigenvalue weighted by Crippen LogP contribution is 2.18. The van der Waals surface area contributed by atoms with E-state index in [4.69, 9.17) is 4.74 Å². The molecule has 5 nitrogen and oxygen atoms in total. The van der Waals surface area contributed by atoms with Gasteiger partial charge in [-0.3, -0.25) is 14.4 Å². The van der Waals surface area contributed by atoms with E-state index in [1.165, 1.54) is 4.57 Å². The number of carbonyl (C=O) groups is 2.